The molecule has 0 aliphatic carbocycles. The van der Waals surface area contributed by atoms with Crippen molar-refractivity contribution >= 4 is 5.97 Å². The van der Waals surface area contributed by atoms with Crippen LogP contribution in [0.25, 0.3) is 0 Å². The Labute approximate surface area is 117 Å². The summed E-state index contributed by atoms with van der Waals surface area (Å²) in [7, 11) is 1.52. The van der Waals surface area contributed by atoms with Crippen molar-refractivity contribution in [2.24, 2.45) is 0 Å². The number of rotatable bonds is 7. The summed E-state index contributed by atoms with van der Waals surface area (Å²) in [5.41, 5.74) is -1.36. The van der Waals surface area contributed by atoms with Crippen LogP contribution in [0.15, 0.2) is 18.2 Å². The number of ether oxygens (including phenoxy) is 2. The normalized spacial score (nSPS) is 13.8. The number of benzene rings is 1. The molecule has 0 radical (unpaired) electrons. The van der Waals surface area contributed by atoms with Crippen molar-refractivity contribution in [3.63, 3.8) is 0 Å². The van der Waals surface area contributed by atoms with E-state index in [0.717, 1.165) is 12.1 Å². The highest BCUT2D eigenvalue weighted by Gasteiger charge is 2.38. The van der Waals surface area contributed by atoms with E-state index in [2.05, 4.69) is 5.32 Å². The van der Waals surface area contributed by atoms with Crippen LogP contribution >= 0.6 is 0 Å². The highest BCUT2D eigenvalue weighted by Crippen LogP contribution is 2.26. The summed E-state index contributed by atoms with van der Waals surface area (Å²) in [5.74, 6) is -2.12. The van der Waals surface area contributed by atoms with Gasteiger partial charge in [0.05, 0.1) is 13.2 Å². The number of nitrogens with one attached hydrogen (secondary N) is 1. The molecule has 4 nitrogen and oxygen atoms in total. The number of hydrogen-bond donors (Lipinski definition) is 1. The SMILES string of the molecule is CCOC(=O)C(C)(NCCOC)c1ccc(F)cc1F. The van der Waals surface area contributed by atoms with E-state index in [-0.39, 0.29) is 12.2 Å². The second-order valence-electron chi connectivity index (χ2n) is 4.39. The van der Waals surface area contributed by atoms with E-state index >= 15 is 0 Å². The minimum Gasteiger partial charge on any atom is -0.464 e. The average molecular weight is 287 g/mol. The van der Waals surface area contributed by atoms with Crippen molar-refractivity contribution in [1.82, 2.24) is 5.32 Å². The Morgan fingerprint density at radius 3 is 2.65 bits per heavy atom. The molecule has 0 spiro atoms. The van der Waals surface area contributed by atoms with Crippen molar-refractivity contribution in [3.8, 4) is 0 Å². The monoisotopic (exact) mass is 287 g/mol. The van der Waals surface area contributed by atoms with Gasteiger partial charge in [-0.15, -0.1) is 0 Å². The molecule has 0 fully saturated rings. The topological polar surface area (TPSA) is 47.6 Å². The maximum absolute atomic E-state index is 13.9. The fraction of sp³-hybridized carbons (Fsp3) is 0.500. The summed E-state index contributed by atoms with van der Waals surface area (Å²) in [4.78, 5) is 12.1. The van der Waals surface area contributed by atoms with Crippen LogP contribution in [0, 0.1) is 11.6 Å². The maximum atomic E-state index is 13.9. The summed E-state index contributed by atoms with van der Waals surface area (Å²) in [6.07, 6.45) is 0. The van der Waals surface area contributed by atoms with Gasteiger partial charge in [0, 0.05) is 25.3 Å². The lowest BCUT2D eigenvalue weighted by Gasteiger charge is -2.29. The lowest BCUT2D eigenvalue weighted by Crippen LogP contribution is -2.49. The highest BCUT2D eigenvalue weighted by molar-refractivity contribution is 5.82. The molecule has 1 unspecified atom stereocenters. The number of carbonyl (C=O) groups excluding carboxylic acids is 1. The quantitative estimate of drug-likeness (QED) is 0.615. The Kier molecular flexibility index (Phi) is 6.04. The Morgan fingerprint density at radius 1 is 1.40 bits per heavy atom. The third-order valence-corrected chi connectivity index (χ3v) is 2.94. The number of carbonyl (C=O) groups is 1. The van der Waals surface area contributed by atoms with E-state index < -0.39 is 23.1 Å². The van der Waals surface area contributed by atoms with E-state index in [1.54, 1.807) is 6.92 Å². The molecule has 0 saturated heterocycles. The van der Waals surface area contributed by atoms with E-state index in [0.29, 0.717) is 13.2 Å². The van der Waals surface area contributed by atoms with Crippen molar-refractivity contribution in [3.05, 3.63) is 35.4 Å². The molecule has 1 aromatic carbocycles. The van der Waals surface area contributed by atoms with Crippen molar-refractivity contribution < 1.29 is 23.0 Å². The van der Waals surface area contributed by atoms with Gasteiger partial charge in [-0.2, -0.15) is 0 Å². The average Bonchev–Trinajstić information content (AvgIpc) is 2.39. The first-order valence-corrected chi connectivity index (χ1v) is 6.32. The molecule has 0 bridgehead atoms. The van der Waals surface area contributed by atoms with Gasteiger partial charge in [-0.1, -0.05) is 6.07 Å². The molecule has 112 valence electrons. The Morgan fingerprint density at radius 2 is 2.10 bits per heavy atom. The van der Waals surface area contributed by atoms with Gasteiger partial charge >= 0.3 is 5.97 Å². The van der Waals surface area contributed by atoms with Crippen molar-refractivity contribution in [2.45, 2.75) is 19.4 Å². The molecule has 0 aliphatic rings. The maximum Gasteiger partial charge on any atom is 0.330 e. The van der Waals surface area contributed by atoms with Gasteiger partial charge in [0.2, 0.25) is 0 Å². The smallest absolute Gasteiger partial charge is 0.330 e. The number of methoxy groups -OCH3 is 1. The third-order valence-electron chi connectivity index (χ3n) is 2.94. The molecule has 1 atom stereocenters. The first-order chi connectivity index (χ1) is 9.45. The molecule has 0 saturated carbocycles. The molecule has 1 rings (SSSR count). The first kappa shape index (κ1) is 16.5. The lowest BCUT2D eigenvalue weighted by atomic mass is 9.91. The highest BCUT2D eigenvalue weighted by atomic mass is 19.1. The first-order valence-electron chi connectivity index (χ1n) is 6.32. The van der Waals surface area contributed by atoms with Gasteiger partial charge in [0.1, 0.15) is 17.2 Å². The minimum atomic E-state index is -1.40. The number of halogens is 2. The zero-order chi connectivity index (χ0) is 15.2. The lowest BCUT2D eigenvalue weighted by molar-refractivity contribution is -0.151. The van der Waals surface area contributed by atoms with Gasteiger partial charge < -0.3 is 9.47 Å². The van der Waals surface area contributed by atoms with Gasteiger partial charge in [-0.05, 0) is 19.9 Å². The summed E-state index contributed by atoms with van der Waals surface area (Å²) in [6.45, 7) is 4.00. The van der Waals surface area contributed by atoms with Crippen LogP contribution in [-0.2, 0) is 19.8 Å². The molecule has 0 aliphatic heterocycles. The van der Waals surface area contributed by atoms with Crippen LogP contribution < -0.4 is 5.32 Å². The van der Waals surface area contributed by atoms with Crippen molar-refractivity contribution in [2.75, 3.05) is 26.9 Å². The van der Waals surface area contributed by atoms with Crippen LogP contribution in [0.5, 0.6) is 0 Å². The van der Waals surface area contributed by atoms with Gasteiger partial charge in [-0.25, -0.2) is 13.6 Å². The van der Waals surface area contributed by atoms with Crippen LogP contribution in [0.4, 0.5) is 8.78 Å². The van der Waals surface area contributed by atoms with E-state index in [1.165, 1.54) is 20.1 Å². The molecule has 6 heteroatoms. The minimum absolute atomic E-state index is 0.0356. The predicted molar refractivity (Wildman–Crippen MR) is 70.2 cm³/mol. The zero-order valence-corrected chi connectivity index (χ0v) is 11.8. The summed E-state index contributed by atoms with van der Waals surface area (Å²) >= 11 is 0. The zero-order valence-electron chi connectivity index (χ0n) is 11.8. The van der Waals surface area contributed by atoms with Crippen LogP contribution in [0.1, 0.15) is 19.4 Å². The van der Waals surface area contributed by atoms with Gasteiger partial charge in [-0.3, -0.25) is 5.32 Å². The number of esters is 1. The van der Waals surface area contributed by atoms with Gasteiger partial charge in [0.25, 0.3) is 0 Å². The fourth-order valence-corrected chi connectivity index (χ4v) is 1.85. The third kappa shape index (κ3) is 3.74. The molecule has 0 amide bonds. The Bertz CT molecular complexity index is 468. The Balaban J connectivity index is 3.11. The van der Waals surface area contributed by atoms with Crippen LogP contribution in [0.3, 0.4) is 0 Å². The van der Waals surface area contributed by atoms with E-state index in [4.69, 9.17) is 9.47 Å². The molecule has 0 aromatic heterocycles. The molecule has 1 N–H and O–H groups in total. The van der Waals surface area contributed by atoms with Crippen LogP contribution in [0.2, 0.25) is 0 Å². The van der Waals surface area contributed by atoms with Crippen molar-refractivity contribution in [1.29, 1.82) is 0 Å². The molecular weight excluding hydrogens is 268 g/mol. The second kappa shape index (κ2) is 7.31. The van der Waals surface area contributed by atoms with Gasteiger partial charge in [0.15, 0.2) is 0 Å². The standard InChI is InChI=1S/C14H19F2NO3/c1-4-20-13(18)14(2,17-7-8-19-3)11-6-5-10(15)9-12(11)16/h5-6,9,17H,4,7-8H2,1-3H3. The van der Waals surface area contributed by atoms with Crippen LogP contribution in [-0.4, -0.2) is 32.8 Å². The molecular formula is C14H19F2NO3. The summed E-state index contributed by atoms with van der Waals surface area (Å²) in [5, 5.41) is 2.90. The van der Waals surface area contributed by atoms with E-state index in [9.17, 15) is 13.6 Å². The molecule has 1 aromatic rings. The Hall–Kier alpha value is -1.53. The largest absolute Gasteiger partial charge is 0.464 e. The number of hydrogen-bond acceptors (Lipinski definition) is 4. The fourth-order valence-electron chi connectivity index (χ4n) is 1.85. The molecule has 0 heterocycles. The predicted octanol–water partition coefficient (Wildman–Crippen LogP) is 1.98. The summed E-state index contributed by atoms with van der Waals surface area (Å²) < 4.78 is 36.8. The molecule has 20 heavy (non-hydrogen) atoms. The second-order valence-corrected chi connectivity index (χ2v) is 4.39. The van der Waals surface area contributed by atoms with E-state index in [1.807, 2.05) is 0 Å². The summed E-state index contributed by atoms with van der Waals surface area (Å²) in [6, 6.07) is 3.08.